The second-order valence-electron chi connectivity index (χ2n) is 4.79. The van der Waals surface area contributed by atoms with Crippen LogP contribution in [0.25, 0.3) is 10.9 Å². The van der Waals surface area contributed by atoms with Gasteiger partial charge >= 0.3 is 0 Å². The number of hydrogen-bond acceptors (Lipinski definition) is 3. The second kappa shape index (κ2) is 5.15. The van der Waals surface area contributed by atoms with Crippen LogP contribution in [0, 0.1) is 0 Å². The third-order valence-electron chi connectivity index (χ3n) is 3.68. The number of aliphatic hydroxyl groups is 1. The Balaban J connectivity index is 2.08. The molecule has 0 saturated heterocycles. The number of aromatic nitrogens is 1. The molecule has 2 N–H and O–H groups in total. The molecule has 0 amide bonds. The fourth-order valence-corrected chi connectivity index (χ4v) is 3.38. The van der Waals surface area contributed by atoms with Crippen LogP contribution in [0.1, 0.15) is 17.2 Å². The third kappa shape index (κ3) is 2.16. The van der Waals surface area contributed by atoms with Gasteiger partial charge in [0.1, 0.15) is 4.32 Å². The zero-order valence-corrected chi connectivity index (χ0v) is 12.4. The lowest BCUT2D eigenvalue weighted by Crippen LogP contribution is -2.37. The highest BCUT2D eigenvalue weighted by atomic mass is 32.2. The molecule has 0 bridgehead atoms. The number of aliphatic hydroxyl groups excluding tert-OH is 1. The Morgan fingerprint density at radius 1 is 1.53 bits per heavy atom. The predicted molar refractivity (Wildman–Crippen MR) is 84.6 cm³/mol. The molecule has 1 unspecified atom stereocenters. The molecule has 1 atom stereocenters. The molecule has 2 heterocycles. The van der Waals surface area contributed by atoms with E-state index in [0.29, 0.717) is 0 Å². The fraction of sp³-hybridized carbons (Fsp3) is 0.357. The van der Waals surface area contributed by atoms with Gasteiger partial charge in [0.25, 0.3) is 0 Å². The van der Waals surface area contributed by atoms with E-state index in [9.17, 15) is 5.11 Å². The number of nitrogens with one attached hydrogen (secondary N) is 1. The van der Waals surface area contributed by atoms with Crippen molar-refractivity contribution in [3.05, 3.63) is 35.5 Å². The van der Waals surface area contributed by atoms with Gasteiger partial charge in [-0.2, -0.15) is 0 Å². The molecular weight excluding hydrogens is 276 g/mol. The molecule has 1 aliphatic heterocycles. The Bertz CT molecular complexity index is 623. The van der Waals surface area contributed by atoms with Crippen LogP contribution in [0.3, 0.4) is 0 Å². The highest BCUT2D eigenvalue weighted by Gasteiger charge is 2.29. The van der Waals surface area contributed by atoms with Crippen LogP contribution in [-0.4, -0.2) is 38.7 Å². The van der Waals surface area contributed by atoms with Crippen molar-refractivity contribution in [2.24, 2.45) is 0 Å². The first-order valence-electron chi connectivity index (χ1n) is 6.27. The maximum atomic E-state index is 9.70. The third-order valence-corrected chi connectivity index (χ3v) is 5.04. The van der Waals surface area contributed by atoms with Crippen LogP contribution in [0.4, 0.5) is 0 Å². The molecule has 1 aliphatic rings. The molecular formula is C14H16N2OS2. The summed E-state index contributed by atoms with van der Waals surface area (Å²) >= 11 is 6.97. The lowest BCUT2D eigenvalue weighted by atomic mass is 9.93. The molecule has 19 heavy (non-hydrogen) atoms. The summed E-state index contributed by atoms with van der Waals surface area (Å²) in [6.07, 6.45) is 2.00. The lowest BCUT2D eigenvalue weighted by molar-refractivity contribution is 0.228. The van der Waals surface area contributed by atoms with E-state index in [4.69, 9.17) is 12.2 Å². The molecule has 100 valence electrons. The Morgan fingerprint density at radius 3 is 3.05 bits per heavy atom. The summed E-state index contributed by atoms with van der Waals surface area (Å²) in [5, 5.41) is 10.9. The van der Waals surface area contributed by atoms with Gasteiger partial charge in [0.2, 0.25) is 0 Å². The highest BCUT2D eigenvalue weighted by Crippen LogP contribution is 2.35. The van der Waals surface area contributed by atoms with E-state index >= 15 is 0 Å². The first-order chi connectivity index (χ1) is 9.24. The topological polar surface area (TPSA) is 39.3 Å². The summed E-state index contributed by atoms with van der Waals surface area (Å²) in [5.41, 5.74) is 3.59. The zero-order valence-electron chi connectivity index (χ0n) is 10.7. The minimum atomic E-state index is 0.130. The number of thiocarbonyl (C=S) groups is 1. The van der Waals surface area contributed by atoms with Gasteiger partial charge in [0.15, 0.2) is 0 Å². The van der Waals surface area contributed by atoms with Crippen LogP contribution in [-0.2, 0) is 6.54 Å². The number of fused-ring (bicyclic) bond motifs is 3. The monoisotopic (exact) mass is 292 g/mol. The van der Waals surface area contributed by atoms with Crippen molar-refractivity contribution in [3.63, 3.8) is 0 Å². The van der Waals surface area contributed by atoms with E-state index in [1.807, 2.05) is 18.4 Å². The number of rotatable bonds is 1. The Morgan fingerprint density at radius 2 is 2.32 bits per heavy atom. The predicted octanol–water partition coefficient (Wildman–Crippen LogP) is 2.71. The molecule has 1 aromatic carbocycles. The van der Waals surface area contributed by atoms with E-state index < -0.39 is 0 Å². The van der Waals surface area contributed by atoms with Crippen LogP contribution >= 0.6 is 24.0 Å². The van der Waals surface area contributed by atoms with Gasteiger partial charge in [-0.1, -0.05) is 30.4 Å². The average Bonchev–Trinajstić information content (AvgIpc) is 2.83. The maximum absolute atomic E-state index is 9.70. The summed E-state index contributed by atoms with van der Waals surface area (Å²) in [5.74, 6) is 0.130. The van der Waals surface area contributed by atoms with Crippen LogP contribution < -0.4 is 0 Å². The van der Waals surface area contributed by atoms with E-state index in [-0.39, 0.29) is 12.5 Å². The van der Waals surface area contributed by atoms with Crippen molar-refractivity contribution in [3.8, 4) is 0 Å². The molecule has 0 radical (unpaired) electrons. The number of H-pyrrole nitrogens is 1. The van der Waals surface area contributed by atoms with Gasteiger partial charge in [-0.05, 0) is 17.9 Å². The van der Waals surface area contributed by atoms with Crippen LogP contribution in [0.5, 0.6) is 0 Å². The molecule has 5 heteroatoms. The Kier molecular flexibility index (Phi) is 3.52. The molecule has 0 spiro atoms. The molecule has 0 fully saturated rings. The number of aromatic amines is 1. The largest absolute Gasteiger partial charge is 0.396 e. The lowest BCUT2D eigenvalue weighted by Gasteiger charge is -2.33. The summed E-state index contributed by atoms with van der Waals surface area (Å²) < 4.78 is 0.891. The number of para-hydroxylation sites is 1. The molecule has 0 saturated carbocycles. The van der Waals surface area contributed by atoms with E-state index in [1.165, 1.54) is 16.6 Å². The summed E-state index contributed by atoms with van der Waals surface area (Å²) in [6, 6.07) is 8.28. The number of benzene rings is 1. The van der Waals surface area contributed by atoms with Crippen LogP contribution in [0.15, 0.2) is 24.3 Å². The van der Waals surface area contributed by atoms with E-state index in [0.717, 1.165) is 22.9 Å². The number of nitrogens with zero attached hydrogens (tertiary/aromatic N) is 1. The fourth-order valence-electron chi connectivity index (χ4n) is 2.84. The molecule has 3 rings (SSSR count). The normalized spacial score (nSPS) is 18.6. The average molecular weight is 292 g/mol. The van der Waals surface area contributed by atoms with E-state index in [1.54, 1.807) is 11.8 Å². The quantitative estimate of drug-likeness (QED) is 0.793. The summed E-state index contributed by atoms with van der Waals surface area (Å²) in [7, 11) is 0. The van der Waals surface area contributed by atoms with Crippen molar-refractivity contribution in [1.82, 2.24) is 9.88 Å². The zero-order chi connectivity index (χ0) is 13.4. The summed E-state index contributed by atoms with van der Waals surface area (Å²) in [4.78, 5) is 5.63. The van der Waals surface area contributed by atoms with Gasteiger partial charge in [0, 0.05) is 29.1 Å². The molecule has 3 nitrogen and oxygen atoms in total. The van der Waals surface area contributed by atoms with Gasteiger partial charge in [-0.15, -0.1) is 11.8 Å². The molecule has 2 aromatic rings. The van der Waals surface area contributed by atoms with Crippen molar-refractivity contribution < 1.29 is 5.11 Å². The molecule has 0 aliphatic carbocycles. The van der Waals surface area contributed by atoms with Crippen molar-refractivity contribution in [1.29, 1.82) is 0 Å². The maximum Gasteiger partial charge on any atom is 0.136 e. The van der Waals surface area contributed by atoms with Gasteiger partial charge in [-0.25, -0.2) is 0 Å². The number of hydrogen-bond donors (Lipinski definition) is 2. The van der Waals surface area contributed by atoms with E-state index in [2.05, 4.69) is 22.0 Å². The Labute approximate surface area is 122 Å². The highest BCUT2D eigenvalue weighted by molar-refractivity contribution is 8.22. The van der Waals surface area contributed by atoms with Crippen molar-refractivity contribution >= 4 is 39.2 Å². The van der Waals surface area contributed by atoms with Gasteiger partial charge < -0.3 is 15.0 Å². The van der Waals surface area contributed by atoms with Gasteiger partial charge in [0.05, 0.1) is 13.2 Å². The minimum Gasteiger partial charge on any atom is -0.396 e. The van der Waals surface area contributed by atoms with Crippen LogP contribution in [0.2, 0.25) is 0 Å². The minimum absolute atomic E-state index is 0.130. The van der Waals surface area contributed by atoms with Gasteiger partial charge in [-0.3, -0.25) is 0 Å². The van der Waals surface area contributed by atoms with Crippen molar-refractivity contribution in [2.75, 3.05) is 19.4 Å². The Hall–Kier alpha value is -1.04. The molecule has 1 aromatic heterocycles. The number of thioether (sulfide) groups is 1. The standard InChI is InChI=1S/C14H16N2OS2/c1-19-14(18)16-6-9(8-17)13-10-4-2-3-5-11(10)15-12(13)7-16/h2-5,9,15,17H,6-8H2,1H3. The smallest absolute Gasteiger partial charge is 0.136 e. The SMILES string of the molecule is CSC(=S)N1Cc2[nH]c3ccccc3c2C(CO)C1. The first-order valence-corrected chi connectivity index (χ1v) is 7.91. The summed E-state index contributed by atoms with van der Waals surface area (Å²) in [6.45, 7) is 1.76. The van der Waals surface area contributed by atoms with Crippen molar-refractivity contribution in [2.45, 2.75) is 12.5 Å². The first kappa shape index (κ1) is 13.0. The second-order valence-corrected chi connectivity index (χ2v) is 6.23.